The Morgan fingerprint density at radius 2 is 1.86 bits per heavy atom. The zero-order chi connectivity index (χ0) is 20.6. The van der Waals surface area contributed by atoms with Crippen molar-refractivity contribution in [3.05, 3.63) is 41.6 Å². The number of nitrogens with zero attached hydrogens (tertiary/aromatic N) is 4. The van der Waals surface area contributed by atoms with E-state index in [1.807, 2.05) is 12.1 Å². The van der Waals surface area contributed by atoms with Crippen LogP contribution >= 0.6 is 0 Å². The summed E-state index contributed by atoms with van der Waals surface area (Å²) in [5.74, 6) is 1.78. The summed E-state index contributed by atoms with van der Waals surface area (Å²) in [5.41, 5.74) is 1.14. The Morgan fingerprint density at radius 3 is 2.48 bits per heavy atom. The average molecular weight is 420 g/mol. The molecule has 29 heavy (non-hydrogen) atoms. The molecule has 2 aromatic heterocycles. The van der Waals surface area contributed by atoms with Crippen molar-refractivity contribution in [1.82, 2.24) is 19.6 Å². The normalized spacial score (nSPS) is 15.4. The SMILES string of the molecule is COCc1nc(-c2ccc(OC3CN(S(=O)(=O)c4c(C)noc4C)C3)cc2)no1. The molecule has 0 saturated carbocycles. The van der Waals surface area contributed by atoms with Crippen molar-refractivity contribution < 1.29 is 26.9 Å². The average Bonchev–Trinajstić information content (AvgIpc) is 3.25. The number of methoxy groups -OCH3 is 1. The van der Waals surface area contributed by atoms with Gasteiger partial charge in [-0.05, 0) is 38.1 Å². The highest BCUT2D eigenvalue weighted by Crippen LogP contribution is 2.29. The quantitative estimate of drug-likeness (QED) is 0.564. The molecule has 0 radical (unpaired) electrons. The summed E-state index contributed by atoms with van der Waals surface area (Å²) < 4.78 is 47.6. The van der Waals surface area contributed by atoms with Crippen LogP contribution < -0.4 is 4.74 Å². The fourth-order valence-corrected chi connectivity index (χ4v) is 4.87. The number of aromatic nitrogens is 3. The third-order valence-electron chi connectivity index (χ3n) is 4.53. The molecular weight excluding hydrogens is 400 g/mol. The lowest BCUT2D eigenvalue weighted by molar-refractivity contribution is 0.0761. The number of sulfonamides is 1. The molecule has 0 amide bonds. The minimum atomic E-state index is -3.63. The van der Waals surface area contributed by atoms with E-state index in [0.29, 0.717) is 23.2 Å². The largest absolute Gasteiger partial charge is 0.488 e. The summed E-state index contributed by atoms with van der Waals surface area (Å²) in [7, 11) is -2.08. The first kappa shape index (κ1) is 19.6. The van der Waals surface area contributed by atoms with E-state index in [1.54, 1.807) is 33.1 Å². The Labute approximate surface area is 167 Å². The monoisotopic (exact) mass is 420 g/mol. The summed E-state index contributed by atoms with van der Waals surface area (Å²) >= 11 is 0. The molecular formula is C18H20N4O6S. The third kappa shape index (κ3) is 3.76. The van der Waals surface area contributed by atoms with E-state index in [0.717, 1.165) is 5.56 Å². The maximum Gasteiger partial charge on any atom is 0.252 e. The van der Waals surface area contributed by atoms with E-state index in [2.05, 4.69) is 15.3 Å². The molecule has 0 bridgehead atoms. The third-order valence-corrected chi connectivity index (χ3v) is 6.61. The van der Waals surface area contributed by atoms with Gasteiger partial charge in [0.2, 0.25) is 15.8 Å². The molecule has 1 aliphatic rings. The summed E-state index contributed by atoms with van der Waals surface area (Å²) in [6.45, 7) is 3.98. The fourth-order valence-electron chi connectivity index (χ4n) is 3.07. The molecule has 4 rings (SSSR count). The van der Waals surface area contributed by atoms with Crippen LogP contribution in [0.1, 0.15) is 17.3 Å². The second kappa shape index (κ2) is 7.58. The van der Waals surface area contributed by atoms with E-state index in [-0.39, 0.29) is 36.5 Å². The molecule has 0 spiro atoms. The van der Waals surface area contributed by atoms with Crippen LogP contribution in [0.4, 0.5) is 0 Å². The van der Waals surface area contributed by atoms with Crippen molar-refractivity contribution in [2.24, 2.45) is 0 Å². The predicted octanol–water partition coefficient (Wildman–Crippen LogP) is 1.94. The van der Waals surface area contributed by atoms with Crippen LogP contribution in [0.3, 0.4) is 0 Å². The summed E-state index contributed by atoms with van der Waals surface area (Å²) in [4.78, 5) is 4.37. The molecule has 154 valence electrons. The van der Waals surface area contributed by atoms with Crippen LogP contribution in [0.2, 0.25) is 0 Å². The van der Waals surface area contributed by atoms with E-state index in [1.165, 1.54) is 4.31 Å². The van der Waals surface area contributed by atoms with Crippen LogP contribution in [-0.2, 0) is 21.4 Å². The van der Waals surface area contributed by atoms with Gasteiger partial charge in [-0.1, -0.05) is 10.3 Å². The lowest BCUT2D eigenvalue weighted by Crippen LogP contribution is -2.56. The van der Waals surface area contributed by atoms with Crippen molar-refractivity contribution in [3.8, 4) is 17.1 Å². The lowest BCUT2D eigenvalue weighted by atomic mass is 10.2. The van der Waals surface area contributed by atoms with Gasteiger partial charge >= 0.3 is 0 Å². The molecule has 0 N–H and O–H groups in total. The number of hydrogen-bond donors (Lipinski definition) is 0. The standard InChI is InChI=1S/C18H20N4O6S/c1-11-17(12(2)27-20-11)29(23,24)22-8-15(9-22)26-14-6-4-13(5-7-14)18-19-16(10-25-3)28-21-18/h4-7,15H,8-10H2,1-3H3. The van der Waals surface area contributed by atoms with Gasteiger partial charge in [-0.2, -0.15) is 9.29 Å². The second-order valence-corrected chi connectivity index (χ2v) is 8.56. The van der Waals surface area contributed by atoms with E-state index < -0.39 is 10.0 Å². The molecule has 0 atom stereocenters. The van der Waals surface area contributed by atoms with Gasteiger partial charge < -0.3 is 18.5 Å². The Hall–Kier alpha value is -2.76. The Bertz CT molecular complexity index is 1080. The highest BCUT2D eigenvalue weighted by atomic mass is 32.2. The van der Waals surface area contributed by atoms with Crippen LogP contribution in [0, 0.1) is 13.8 Å². The Morgan fingerprint density at radius 1 is 1.14 bits per heavy atom. The second-order valence-electron chi connectivity index (χ2n) is 6.68. The van der Waals surface area contributed by atoms with Gasteiger partial charge in [-0.15, -0.1) is 0 Å². The summed E-state index contributed by atoms with van der Waals surface area (Å²) in [6.07, 6.45) is -0.227. The van der Waals surface area contributed by atoms with Gasteiger partial charge in [-0.3, -0.25) is 0 Å². The smallest absolute Gasteiger partial charge is 0.252 e. The maximum absolute atomic E-state index is 12.7. The highest BCUT2D eigenvalue weighted by Gasteiger charge is 2.40. The minimum Gasteiger partial charge on any atom is -0.488 e. The zero-order valence-electron chi connectivity index (χ0n) is 16.2. The Kier molecular flexibility index (Phi) is 5.11. The first-order valence-electron chi connectivity index (χ1n) is 8.90. The van der Waals surface area contributed by atoms with Crippen molar-refractivity contribution in [2.75, 3.05) is 20.2 Å². The van der Waals surface area contributed by atoms with Gasteiger partial charge in [0, 0.05) is 12.7 Å². The number of rotatable bonds is 7. The van der Waals surface area contributed by atoms with Crippen molar-refractivity contribution in [3.63, 3.8) is 0 Å². The molecule has 0 unspecified atom stereocenters. The van der Waals surface area contributed by atoms with Gasteiger partial charge in [0.1, 0.15) is 29.0 Å². The first-order chi connectivity index (χ1) is 13.9. The van der Waals surface area contributed by atoms with E-state index >= 15 is 0 Å². The van der Waals surface area contributed by atoms with Crippen molar-refractivity contribution >= 4 is 10.0 Å². The number of ether oxygens (including phenoxy) is 2. The Balaban J connectivity index is 1.37. The molecule has 1 aromatic carbocycles. The highest BCUT2D eigenvalue weighted by molar-refractivity contribution is 7.89. The molecule has 11 heteroatoms. The molecule has 0 aliphatic carbocycles. The predicted molar refractivity (Wildman–Crippen MR) is 99.6 cm³/mol. The number of aryl methyl sites for hydroxylation is 2. The van der Waals surface area contributed by atoms with Crippen LogP contribution in [0.5, 0.6) is 5.75 Å². The molecule has 1 fully saturated rings. The molecule has 1 saturated heterocycles. The van der Waals surface area contributed by atoms with Gasteiger partial charge in [0.25, 0.3) is 5.89 Å². The minimum absolute atomic E-state index is 0.133. The maximum atomic E-state index is 12.7. The molecule has 10 nitrogen and oxygen atoms in total. The van der Waals surface area contributed by atoms with Crippen LogP contribution in [0.25, 0.3) is 11.4 Å². The van der Waals surface area contributed by atoms with E-state index in [9.17, 15) is 8.42 Å². The van der Waals surface area contributed by atoms with Crippen LogP contribution in [-0.4, -0.2) is 54.3 Å². The summed E-state index contributed by atoms with van der Waals surface area (Å²) in [6, 6.07) is 7.20. The molecule has 3 heterocycles. The molecule has 1 aliphatic heterocycles. The number of benzene rings is 1. The first-order valence-corrected chi connectivity index (χ1v) is 10.3. The van der Waals surface area contributed by atoms with Gasteiger partial charge in [0.05, 0.1) is 13.1 Å². The fraction of sp³-hybridized carbons (Fsp3) is 0.389. The van der Waals surface area contributed by atoms with Crippen LogP contribution in [0.15, 0.2) is 38.2 Å². The topological polar surface area (TPSA) is 121 Å². The molecule has 3 aromatic rings. The lowest BCUT2D eigenvalue weighted by Gasteiger charge is -2.37. The van der Waals surface area contributed by atoms with Gasteiger partial charge in [-0.25, -0.2) is 8.42 Å². The van der Waals surface area contributed by atoms with E-state index in [4.69, 9.17) is 18.5 Å². The van der Waals surface area contributed by atoms with Crippen molar-refractivity contribution in [1.29, 1.82) is 0 Å². The number of hydrogen-bond acceptors (Lipinski definition) is 9. The zero-order valence-corrected chi connectivity index (χ0v) is 17.0. The van der Waals surface area contributed by atoms with Gasteiger partial charge in [0.15, 0.2) is 5.76 Å². The van der Waals surface area contributed by atoms with Crippen molar-refractivity contribution in [2.45, 2.75) is 31.5 Å². The summed E-state index contributed by atoms with van der Waals surface area (Å²) in [5, 5.41) is 7.62.